The van der Waals surface area contributed by atoms with Crippen molar-refractivity contribution in [1.82, 2.24) is 0 Å². The average molecular weight is 191 g/mol. The van der Waals surface area contributed by atoms with Crippen LogP contribution in [0.2, 0.25) is 0 Å². The van der Waals surface area contributed by atoms with E-state index >= 15 is 0 Å². The van der Waals surface area contributed by atoms with Crippen LogP contribution in [0.4, 0.5) is 0 Å². The van der Waals surface area contributed by atoms with Gasteiger partial charge in [-0.25, -0.2) is 0 Å². The topological polar surface area (TPSA) is 26.0 Å². The molecule has 1 rings (SSSR count). The predicted molar refractivity (Wildman–Crippen MR) is 62.4 cm³/mol. The fourth-order valence-corrected chi connectivity index (χ4v) is 2.13. The van der Waals surface area contributed by atoms with Gasteiger partial charge in [0.2, 0.25) is 0 Å². The van der Waals surface area contributed by atoms with Gasteiger partial charge in [0.15, 0.2) is 0 Å². The Morgan fingerprint density at radius 2 is 1.50 bits per heavy atom. The fraction of sp³-hybridized carbons (Fsp3) is 0.538. The molecule has 0 heterocycles. The maximum absolute atomic E-state index is 6.06. The summed E-state index contributed by atoms with van der Waals surface area (Å²) in [5.74, 6) is 0. The van der Waals surface area contributed by atoms with Gasteiger partial charge in [-0.05, 0) is 31.2 Å². The van der Waals surface area contributed by atoms with Gasteiger partial charge in [0.1, 0.15) is 0 Å². The minimum Gasteiger partial charge on any atom is -0.326 e. The van der Waals surface area contributed by atoms with E-state index in [1.54, 1.807) is 0 Å². The van der Waals surface area contributed by atoms with Gasteiger partial charge >= 0.3 is 0 Å². The number of rotatable bonds is 3. The van der Waals surface area contributed by atoms with Crippen LogP contribution in [-0.4, -0.2) is 5.54 Å². The summed E-state index contributed by atoms with van der Waals surface area (Å²) in [6, 6.07) is 10.6. The third-order valence-corrected chi connectivity index (χ3v) is 2.45. The highest BCUT2D eigenvalue weighted by Crippen LogP contribution is 2.30. The summed E-state index contributed by atoms with van der Waals surface area (Å²) in [6.45, 7) is 8.66. The van der Waals surface area contributed by atoms with Crippen molar-refractivity contribution in [3.63, 3.8) is 0 Å². The molecule has 1 heteroatoms. The second-order valence-corrected chi connectivity index (χ2v) is 5.42. The fourth-order valence-electron chi connectivity index (χ4n) is 2.13. The Bertz CT molecular complexity index is 280. The highest BCUT2D eigenvalue weighted by molar-refractivity contribution is 5.24. The average Bonchev–Trinajstić information content (AvgIpc) is 2.01. The molecule has 0 aliphatic carbocycles. The van der Waals surface area contributed by atoms with E-state index < -0.39 is 0 Å². The van der Waals surface area contributed by atoms with Crippen molar-refractivity contribution in [3.05, 3.63) is 35.9 Å². The molecule has 1 nitrogen and oxygen atoms in total. The molecule has 0 amide bonds. The molecule has 0 radical (unpaired) electrons. The van der Waals surface area contributed by atoms with E-state index in [-0.39, 0.29) is 11.0 Å². The minimum absolute atomic E-state index is 0.112. The van der Waals surface area contributed by atoms with Crippen molar-refractivity contribution in [2.24, 2.45) is 5.73 Å². The van der Waals surface area contributed by atoms with E-state index in [1.807, 2.05) is 6.07 Å². The van der Waals surface area contributed by atoms with Crippen LogP contribution in [0.5, 0.6) is 0 Å². The van der Waals surface area contributed by atoms with Crippen molar-refractivity contribution >= 4 is 0 Å². The molecule has 0 spiro atoms. The first-order valence-corrected chi connectivity index (χ1v) is 5.16. The molecule has 0 aromatic heterocycles. The second-order valence-electron chi connectivity index (χ2n) is 5.42. The van der Waals surface area contributed by atoms with E-state index in [9.17, 15) is 0 Å². The molecule has 2 N–H and O–H groups in total. The van der Waals surface area contributed by atoms with Crippen molar-refractivity contribution in [1.29, 1.82) is 0 Å². The predicted octanol–water partition coefficient (Wildman–Crippen LogP) is 3.09. The zero-order valence-electron chi connectivity index (χ0n) is 9.67. The molecule has 1 aromatic carbocycles. The lowest BCUT2D eigenvalue weighted by molar-refractivity contribution is 0.350. The van der Waals surface area contributed by atoms with Gasteiger partial charge in [-0.3, -0.25) is 0 Å². The number of hydrogen-bond acceptors (Lipinski definition) is 1. The minimum atomic E-state index is -0.112. The van der Waals surface area contributed by atoms with Crippen LogP contribution in [0.3, 0.4) is 0 Å². The maximum atomic E-state index is 6.06. The third-order valence-electron chi connectivity index (χ3n) is 2.45. The van der Waals surface area contributed by atoms with Gasteiger partial charge in [-0.2, -0.15) is 0 Å². The monoisotopic (exact) mass is 191 g/mol. The third kappa shape index (κ3) is 3.15. The molecule has 0 saturated carbocycles. The van der Waals surface area contributed by atoms with Gasteiger partial charge in [-0.15, -0.1) is 0 Å². The van der Waals surface area contributed by atoms with Crippen molar-refractivity contribution < 1.29 is 0 Å². The van der Waals surface area contributed by atoms with Crippen molar-refractivity contribution in [2.75, 3.05) is 0 Å². The summed E-state index contributed by atoms with van der Waals surface area (Å²) in [5, 5.41) is 0. The molecule has 0 bridgehead atoms. The first kappa shape index (κ1) is 11.3. The molecular weight excluding hydrogens is 170 g/mol. The summed E-state index contributed by atoms with van der Waals surface area (Å²) in [4.78, 5) is 0. The van der Waals surface area contributed by atoms with Gasteiger partial charge in [0, 0.05) is 5.54 Å². The molecule has 0 unspecified atom stereocenters. The lowest BCUT2D eigenvalue weighted by Crippen LogP contribution is -2.39. The number of benzene rings is 1. The summed E-state index contributed by atoms with van der Waals surface area (Å²) >= 11 is 0. The quantitative estimate of drug-likeness (QED) is 0.780. The van der Waals surface area contributed by atoms with Gasteiger partial charge in [0.25, 0.3) is 0 Å². The van der Waals surface area contributed by atoms with Crippen LogP contribution >= 0.6 is 0 Å². The number of hydrogen-bond donors (Lipinski definition) is 1. The van der Waals surface area contributed by atoms with Crippen molar-refractivity contribution in [3.8, 4) is 0 Å². The normalized spacial score (nSPS) is 12.9. The van der Waals surface area contributed by atoms with Crippen LogP contribution in [0.25, 0.3) is 0 Å². The molecule has 78 valence electrons. The lowest BCUT2D eigenvalue weighted by atomic mass is 9.75. The van der Waals surface area contributed by atoms with Crippen LogP contribution in [0.15, 0.2) is 30.3 Å². The van der Waals surface area contributed by atoms with E-state index in [4.69, 9.17) is 5.73 Å². The van der Waals surface area contributed by atoms with Gasteiger partial charge < -0.3 is 5.73 Å². The highest BCUT2D eigenvalue weighted by atomic mass is 14.7. The molecule has 0 aliphatic heterocycles. The zero-order valence-corrected chi connectivity index (χ0v) is 9.67. The van der Waals surface area contributed by atoms with E-state index in [0.29, 0.717) is 0 Å². The summed E-state index contributed by atoms with van der Waals surface area (Å²) in [6.07, 6.45) is 0.990. The second kappa shape index (κ2) is 3.74. The SMILES string of the molecule is CC(C)(N)CC(C)(C)c1ccccc1. The van der Waals surface area contributed by atoms with Crippen LogP contribution in [0.1, 0.15) is 39.7 Å². The maximum Gasteiger partial charge on any atom is 0.0105 e. The molecule has 0 aliphatic rings. The van der Waals surface area contributed by atoms with Crippen LogP contribution in [-0.2, 0) is 5.41 Å². The summed E-state index contributed by atoms with van der Waals surface area (Å²) in [7, 11) is 0. The number of nitrogens with two attached hydrogens (primary N) is 1. The molecule has 1 aromatic rings. The van der Waals surface area contributed by atoms with E-state index in [0.717, 1.165) is 6.42 Å². The van der Waals surface area contributed by atoms with Gasteiger partial charge in [0.05, 0.1) is 0 Å². The first-order chi connectivity index (χ1) is 6.31. The highest BCUT2D eigenvalue weighted by Gasteiger charge is 2.27. The molecule has 0 atom stereocenters. The molecule has 0 saturated heterocycles. The Morgan fingerprint density at radius 3 is 1.93 bits per heavy atom. The van der Waals surface area contributed by atoms with Crippen LogP contribution < -0.4 is 5.73 Å². The Labute approximate surface area is 87.3 Å². The van der Waals surface area contributed by atoms with Crippen LogP contribution in [0, 0.1) is 0 Å². The molecule has 14 heavy (non-hydrogen) atoms. The summed E-state index contributed by atoms with van der Waals surface area (Å²) in [5.41, 5.74) is 7.46. The van der Waals surface area contributed by atoms with Gasteiger partial charge in [-0.1, -0.05) is 44.2 Å². The summed E-state index contributed by atoms with van der Waals surface area (Å²) < 4.78 is 0. The Balaban J connectivity index is 2.86. The smallest absolute Gasteiger partial charge is 0.0105 e. The lowest BCUT2D eigenvalue weighted by Gasteiger charge is -2.32. The Kier molecular flexibility index (Phi) is 3.01. The largest absolute Gasteiger partial charge is 0.326 e. The standard InChI is InChI=1S/C13H21N/c1-12(2,10-13(3,4)14)11-8-6-5-7-9-11/h5-9H,10,14H2,1-4H3. The first-order valence-electron chi connectivity index (χ1n) is 5.16. The zero-order chi connectivity index (χ0) is 10.8. The van der Waals surface area contributed by atoms with E-state index in [2.05, 4.69) is 52.0 Å². The Morgan fingerprint density at radius 1 is 1.00 bits per heavy atom. The molecular formula is C13H21N. The van der Waals surface area contributed by atoms with Crippen molar-refractivity contribution in [2.45, 2.75) is 45.1 Å². The van der Waals surface area contributed by atoms with E-state index in [1.165, 1.54) is 5.56 Å². The Hall–Kier alpha value is -0.820. The molecule has 0 fully saturated rings.